The highest BCUT2D eigenvalue weighted by atomic mass is 35.5. The molecule has 0 fully saturated rings. The van der Waals surface area contributed by atoms with Crippen molar-refractivity contribution in [2.24, 2.45) is 0 Å². The molecule has 3 heterocycles. The van der Waals surface area contributed by atoms with Crippen molar-refractivity contribution in [2.75, 3.05) is 4.31 Å². The number of thiophene rings is 1. The molecule has 3 aromatic heterocycles. The van der Waals surface area contributed by atoms with Gasteiger partial charge in [-0.25, -0.2) is 13.4 Å². The van der Waals surface area contributed by atoms with Crippen molar-refractivity contribution in [1.29, 1.82) is 0 Å². The second-order valence-electron chi connectivity index (χ2n) is 5.58. The zero-order valence-electron chi connectivity index (χ0n) is 13.5. The number of imidazole rings is 1. The van der Waals surface area contributed by atoms with E-state index in [4.69, 9.17) is 11.6 Å². The van der Waals surface area contributed by atoms with Crippen LogP contribution in [0.25, 0.3) is 5.65 Å². The summed E-state index contributed by atoms with van der Waals surface area (Å²) in [7, 11) is -3.75. The summed E-state index contributed by atoms with van der Waals surface area (Å²) in [5, 5.41) is 0. The molecular weight excluding hydrogens is 390 g/mol. The highest BCUT2D eigenvalue weighted by molar-refractivity contribution is 7.94. The van der Waals surface area contributed by atoms with Gasteiger partial charge in [0.05, 0.1) is 28.5 Å². The summed E-state index contributed by atoms with van der Waals surface area (Å²) in [6, 6.07) is 17.8. The van der Waals surface area contributed by atoms with E-state index in [-0.39, 0.29) is 10.8 Å². The van der Waals surface area contributed by atoms with Gasteiger partial charge in [0.15, 0.2) is 0 Å². The quantitative estimate of drug-likeness (QED) is 0.494. The summed E-state index contributed by atoms with van der Waals surface area (Å²) in [5.74, 6) is 0. The van der Waals surface area contributed by atoms with Gasteiger partial charge in [-0.1, -0.05) is 35.9 Å². The van der Waals surface area contributed by atoms with Crippen molar-refractivity contribution < 1.29 is 8.42 Å². The molecule has 0 saturated carbocycles. The molecule has 8 heteroatoms. The number of fused-ring (bicyclic) bond motifs is 1. The van der Waals surface area contributed by atoms with Crippen LogP contribution in [0.3, 0.4) is 0 Å². The third-order valence-electron chi connectivity index (χ3n) is 3.94. The third kappa shape index (κ3) is 3.09. The number of rotatable bonds is 5. The lowest BCUT2D eigenvalue weighted by Crippen LogP contribution is -2.30. The number of pyridine rings is 1. The Morgan fingerprint density at radius 2 is 1.81 bits per heavy atom. The molecular formula is C18H14ClN3O2S2. The Morgan fingerprint density at radius 3 is 2.54 bits per heavy atom. The Labute approximate surface area is 160 Å². The lowest BCUT2D eigenvalue weighted by Gasteiger charge is -2.23. The molecule has 0 radical (unpaired) electrons. The molecule has 4 rings (SSSR count). The van der Waals surface area contributed by atoms with Crippen LogP contribution in [0.1, 0.15) is 5.69 Å². The fraction of sp³-hybridized carbons (Fsp3) is 0.0556. The number of aromatic nitrogens is 2. The number of hydrogen-bond acceptors (Lipinski definition) is 4. The van der Waals surface area contributed by atoms with E-state index in [9.17, 15) is 8.42 Å². The fourth-order valence-corrected chi connectivity index (χ4v) is 5.74. The van der Waals surface area contributed by atoms with Gasteiger partial charge in [0.25, 0.3) is 10.0 Å². The first kappa shape index (κ1) is 17.1. The van der Waals surface area contributed by atoms with Crippen molar-refractivity contribution >= 4 is 44.3 Å². The molecule has 5 nitrogen and oxygen atoms in total. The van der Waals surface area contributed by atoms with Gasteiger partial charge in [-0.05, 0) is 36.4 Å². The van der Waals surface area contributed by atoms with E-state index in [1.807, 2.05) is 47.0 Å². The number of halogens is 1. The molecule has 0 N–H and O–H groups in total. The van der Waals surface area contributed by atoms with Crippen LogP contribution in [0, 0.1) is 0 Å². The Kier molecular flexibility index (Phi) is 4.44. The number of nitrogens with zero attached hydrogens (tertiary/aromatic N) is 3. The van der Waals surface area contributed by atoms with Crippen molar-refractivity contribution in [3.63, 3.8) is 0 Å². The average molecular weight is 404 g/mol. The molecule has 0 spiro atoms. The van der Waals surface area contributed by atoms with Crippen molar-refractivity contribution in [3.8, 4) is 0 Å². The third-order valence-corrected chi connectivity index (χ3v) is 7.41. The predicted octanol–water partition coefficient (Wildman–Crippen LogP) is 4.44. The number of para-hydroxylation sites is 1. The van der Waals surface area contributed by atoms with Gasteiger partial charge in [-0.2, -0.15) is 0 Å². The maximum absolute atomic E-state index is 13.3. The summed E-state index contributed by atoms with van der Waals surface area (Å²) in [6.45, 7) is 0.160. The zero-order valence-corrected chi connectivity index (χ0v) is 15.9. The lowest BCUT2D eigenvalue weighted by molar-refractivity contribution is 0.592. The number of benzene rings is 1. The normalized spacial score (nSPS) is 11.7. The van der Waals surface area contributed by atoms with E-state index in [1.54, 1.807) is 24.4 Å². The minimum absolute atomic E-state index is 0.160. The minimum atomic E-state index is -3.75. The monoisotopic (exact) mass is 403 g/mol. The van der Waals surface area contributed by atoms with Gasteiger partial charge >= 0.3 is 0 Å². The molecule has 0 aliphatic rings. The van der Waals surface area contributed by atoms with Gasteiger partial charge < -0.3 is 4.40 Å². The molecule has 0 amide bonds. The molecule has 0 unspecified atom stereocenters. The second kappa shape index (κ2) is 6.75. The van der Waals surface area contributed by atoms with E-state index in [1.165, 1.54) is 10.4 Å². The number of hydrogen-bond donors (Lipinski definition) is 0. The van der Waals surface area contributed by atoms with E-state index >= 15 is 0 Å². The Balaban J connectivity index is 1.82. The SMILES string of the molecule is O=S(=O)(c1ccc(Cl)s1)N(Cc1cnc2ccccn12)c1ccccc1. The minimum Gasteiger partial charge on any atom is -0.302 e. The topological polar surface area (TPSA) is 54.7 Å². The average Bonchev–Trinajstić information content (AvgIpc) is 3.27. The number of anilines is 1. The molecule has 0 saturated heterocycles. The summed E-state index contributed by atoms with van der Waals surface area (Å²) < 4.78 is 30.4. The largest absolute Gasteiger partial charge is 0.302 e. The first-order valence-corrected chi connectivity index (χ1v) is 10.4. The smallest absolute Gasteiger partial charge is 0.274 e. The van der Waals surface area contributed by atoms with Gasteiger partial charge in [0, 0.05) is 6.20 Å². The van der Waals surface area contributed by atoms with E-state index in [0.717, 1.165) is 22.7 Å². The number of sulfonamides is 1. The zero-order chi connectivity index (χ0) is 18.1. The summed E-state index contributed by atoms with van der Waals surface area (Å²) in [5.41, 5.74) is 2.13. The van der Waals surface area contributed by atoms with Crippen LogP contribution in [-0.4, -0.2) is 17.8 Å². The molecule has 4 aromatic rings. The van der Waals surface area contributed by atoms with E-state index in [2.05, 4.69) is 4.98 Å². The van der Waals surface area contributed by atoms with Crippen LogP contribution < -0.4 is 4.31 Å². The molecule has 0 atom stereocenters. The van der Waals surface area contributed by atoms with Crippen LogP contribution >= 0.6 is 22.9 Å². The Bertz CT molecular complexity index is 1150. The standard InChI is InChI=1S/C18H14ClN3O2S2/c19-16-9-10-18(25-16)26(23,24)22(14-6-2-1-3-7-14)13-15-12-20-17-8-4-5-11-21(15)17/h1-12H,13H2. The molecule has 26 heavy (non-hydrogen) atoms. The summed E-state index contributed by atoms with van der Waals surface area (Å²) in [4.78, 5) is 4.35. The molecule has 0 aliphatic heterocycles. The Morgan fingerprint density at radius 1 is 1.04 bits per heavy atom. The van der Waals surface area contributed by atoms with Crippen LogP contribution in [-0.2, 0) is 16.6 Å². The van der Waals surface area contributed by atoms with Gasteiger partial charge in [-0.3, -0.25) is 4.31 Å². The van der Waals surface area contributed by atoms with Crippen LogP contribution in [0.15, 0.2) is 77.3 Å². The van der Waals surface area contributed by atoms with Crippen LogP contribution in [0.4, 0.5) is 5.69 Å². The predicted molar refractivity (Wildman–Crippen MR) is 104 cm³/mol. The first-order chi connectivity index (χ1) is 12.6. The van der Waals surface area contributed by atoms with Gasteiger partial charge in [0.1, 0.15) is 9.86 Å². The van der Waals surface area contributed by atoms with E-state index < -0.39 is 10.0 Å². The fourth-order valence-electron chi connectivity index (χ4n) is 2.70. The molecule has 132 valence electrons. The molecule has 1 aromatic carbocycles. The van der Waals surface area contributed by atoms with Crippen molar-refractivity contribution in [2.45, 2.75) is 10.8 Å². The maximum Gasteiger partial charge on any atom is 0.274 e. The molecule has 0 bridgehead atoms. The van der Waals surface area contributed by atoms with Gasteiger partial charge in [0.2, 0.25) is 0 Å². The van der Waals surface area contributed by atoms with Gasteiger partial charge in [-0.15, -0.1) is 11.3 Å². The lowest BCUT2D eigenvalue weighted by atomic mass is 10.3. The maximum atomic E-state index is 13.3. The van der Waals surface area contributed by atoms with Crippen molar-refractivity contribution in [1.82, 2.24) is 9.38 Å². The summed E-state index contributed by atoms with van der Waals surface area (Å²) >= 11 is 7.01. The van der Waals surface area contributed by atoms with Crippen LogP contribution in [0.2, 0.25) is 4.34 Å². The highest BCUT2D eigenvalue weighted by Gasteiger charge is 2.27. The Hall–Kier alpha value is -2.35. The molecule has 0 aliphatic carbocycles. The second-order valence-corrected chi connectivity index (χ2v) is 9.39. The van der Waals surface area contributed by atoms with E-state index in [0.29, 0.717) is 10.0 Å². The van der Waals surface area contributed by atoms with Crippen LogP contribution in [0.5, 0.6) is 0 Å². The van der Waals surface area contributed by atoms with Crippen molar-refractivity contribution in [3.05, 3.63) is 83.1 Å². The summed E-state index contributed by atoms with van der Waals surface area (Å²) in [6.07, 6.45) is 3.57. The highest BCUT2D eigenvalue weighted by Crippen LogP contribution is 2.32. The first-order valence-electron chi connectivity index (χ1n) is 7.80.